The van der Waals surface area contributed by atoms with Crippen LogP contribution in [-0.2, 0) is 12.7 Å². The summed E-state index contributed by atoms with van der Waals surface area (Å²) in [7, 11) is 0. The van der Waals surface area contributed by atoms with E-state index in [1.54, 1.807) is 28.8 Å². The molecule has 0 saturated carbocycles. The zero-order valence-corrected chi connectivity index (χ0v) is 15.5. The highest BCUT2D eigenvalue weighted by molar-refractivity contribution is 5.64. The summed E-state index contributed by atoms with van der Waals surface area (Å²) < 4.78 is 51.0. The third kappa shape index (κ3) is 4.22. The Labute approximate surface area is 168 Å². The minimum absolute atomic E-state index is 0.194. The van der Waals surface area contributed by atoms with Crippen molar-refractivity contribution in [1.29, 1.82) is 0 Å². The lowest BCUT2D eigenvalue weighted by molar-refractivity contribution is -0.389. The summed E-state index contributed by atoms with van der Waals surface area (Å²) in [6.45, 7) is 0.775. The van der Waals surface area contributed by atoms with Crippen LogP contribution in [0.5, 0.6) is 11.8 Å². The van der Waals surface area contributed by atoms with E-state index in [0.29, 0.717) is 24.3 Å². The molecule has 2 heterocycles. The molecule has 0 bridgehead atoms. The van der Waals surface area contributed by atoms with Gasteiger partial charge in [-0.05, 0) is 40.3 Å². The first-order valence-electron chi connectivity index (χ1n) is 9.08. The van der Waals surface area contributed by atoms with Crippen molar-refractivity contribution in [2.75, 3.05) is 6.61 Å². The first-order chi connectivity index (χ1) is 14.3. The first-order valence-corrected chi connectivity index (χ1v) is 9.08. The maximum Gasteiger partial charge on any atom is 0.416 e. The van der Waals surface area contributed by atoms with Gasteiger partial charge in [-0.15, -0.1) is 0 Å². The van der Waals surface area contributed by atoms with Crippen molar-refractivity contribution in [3.8, 4) is 22.9 Å². The summed E-state index contributed by atoms with van der Waals surface area (Å²) in [6, 6.07) is 12.1. The second-order valence-electron chi connectivity index (χ2n) is 6.77. The quantitative estimate of drug-likeness (QED) is 0.442. The molecule has 0 amide bonds. The molecule has 30 heavy (non-hydrogen) atoms. The summed E-state index contributed by atoms with van der Waals surface area (Å²) >= 11 is 0. The minimum atomic E-state index is -4.36. The molecule has 2 aromatic carbocycles. The highest BCUT2D eigenvalue weighted by Crippen LogP contribution is 2.31. The number of hydrogen-bond acceptors (Lipinski definition) is 5. The Morgan fingerprint density at radius 2 is 1.77 bits per heavy atom. The third-order valence-corrected chi connectivity index (χ3v) is 4.71. The van der Waals surface area contributed by atoms with Crippen molar-refractivity contribution in [3.63, 3.8) is 0 Å². The van der Waals surface area contributed by atoms with Crippen LogP contribution in [0.3, 0.4) is 0 Å². The number of aryl methyl sites for hydroxylation is 1. The Kier molecular flexibility index (Phi) is 5.06. The van der Waals surface area contributed by atoms with Gasteiger partial charge in [0.1, 0.15) is 24.7 Å². The van der Waals surface area contributed by atoms with Crippen LogP contribution in [0, 0.1) is 10.1 Å². The van der Waals surface area contributed by atoms with Gasteiger partial charge in [0.25, 0.3) is 0 Å². The van der Waals surface area contributed by atoms with Crippen molar-refractivity contribution in [1.82, 2.24) is 9.55 Å². The third-order valence-electron chi connectivity index (χ3n) is 4.71. The van der Waals surface area contributed by atoms with E-state index in [4.69, 9.17) is 9.47 Å². The summed E-state index contributed by atoms with van der Waals surface area (Å²) in [5.41, 5.74) is 0.738. The number of imidazole rings is 1. The van der Waals surface area contributed by atoms with Crippen LogP contribution in [0.1, 0.15) is 12.0 Å². The molecule has 10 heteroatoms. The summed E-state index contributed by atoms with van der Waals surface area (Å²) in [5.74, 6) is 0.319. The zero-order chi connectivity index (χ0) is 21.3. The van der Waals surface area contributed by atoms with Gasteiger partial charge in [0.2, 0.25) is 0 Å². The normalized spacial score (nSPS) is 15.9. The smallest absolute Gasteiger partial charge is 0.416 e. The number of nitro groups is 1. The molecule has 156 valence electrons. The maximum atomic E-state index is 12.7. The largest absolute Gasteiger partial charge is 0.490 e. The molecule has 0 fully saturated rings. The molecule has 0 radical (unpaired) electrons. The lowest BCUT2D eigenvalue weighted by Gasteiger charge is -2.22. The number of benzene rings is 2. The number of ether oxygens (including phenoxy) is 2. The van der Waals surface area contributed by atoms with Crippen molar-refractivity contribution < 1.29 is 27.6 Å². The molecule has 3 aromatic rings. The number of rotatable bonds is 5. The lowest BCUT2D eigenvalue weighted by Crippen LogP contribution is -2.31. The molecule has 4 rings (SSSR count). The van der Waals surface area contributed by atoms with E-state index in [2.05, 4.69) is 4.98 Å². The van der Waals surface area contributed by atoms with Gasteiger partial charge in [-0.3, -0.25) is 4.57 Å². The second-order valence-corrected chi connectivity index (χ2v) is 6.77. The molecule has 1 atom stereocenters. The van der Waals surface area contributed by atoms with Crippen molar-refractivity contribution in [2.24, 2.45) is 0 Å². The second kappa shape index (κ2) is 7.69. The van der Waals surface area contributed by atoms with E-state index in [0.717, 1.165) is 17.7 Å². The maximum absolute atomic E-state index is 12.7. The number of fused-ring (bicyclic) bond motifs is 1. The molecular weight excluding hydrogens is 403 g/mol. The highest BCUT2D eigenvalue weighted by Gasteiger charge is 2.30. The van der Waals surface area contributed by atoms with Gasteiger partial charge in [0, 0.05) is 17.9 Å². The molecule has 0 aliphatic carbocycles. The van der Waals surface area contributed by atoms with Gasteiger partial charge < -0.3 is 19.6 Å². The van der Waals surface area contributed by atoms with Crippen molar-refractivity contribution in [3.05, 3.63) is 70.4 Å². The Bertz CT molecular complexity index is 1050. The highest BCUT2D eigenvalue weighted by atomic mass is 19.4. The van der Waals surface area contributed by atoms with Crippen LogP contribution in [0.15, 0.2) is 54.7 Å². The fraction of sp³-hybridized carbons (Fsp3) is 0.250. The lowest BCUT2D eigenvalue weighted by atomic mass is 10.0. The fourth-order valence-electron chi connectivity index (χ4n) is 3.12. The van der Waals surface area contributed by atoms with Crippen LogP contribution in [-0.4, -0.2) is 27.2 Å². The Morgan fingerprint density at radius 3 is 2.37 bits per heavy atom. The van der Waals surface area contributed by atoms with Crippen molar-refractivity contribution >= 4 is 5.82 Å². The SMILES string of the molecule is O=[N+]([O-])c1cn2c(n1)OC(COc1ccc(-c3ccc(C(F)(F)F)cc3)cc1)CC2. The van der Waals surface area contributed by atoms with Gasteiger partial charge in [0.15, 0.2) is 0 Å². The number of aromatic nitrogens is 2. The van der Waals surface area contributed by atoms with Gasteiger partial charge in [-0.25, -0.2) is 0 Å². The summed E-state index contributed by atoms with van der Waals surface area (Å²) in [5, 5.41) is 10.8. The van der Waals surface area contributed by atoms with Gasteiger partial charge in [-0.2, -0.15) is 13.2 Å². The molecule has 1 aliphatic rings. The Morgan fingerprint density at radius 1 is 1.13 bits per heavy atom. The molecule has 1 unspecified atom stereocenters. The minimum Gasteiger partial charge on any atom is -0.490 e. The molecule has 1 aromatic heterocycles. The van der Waals surface area contributed by atoms with Gasteiger partial charge >= 0.3 is 18.0 Å². The summed E-state index contributed by atoms with van der Waals surface area (Å²) in [6.07, 6.45) is -2.70. The molecule has 7 nitrogen and oxygen atoms in total. The van der Waals surface area contributed by atoms with E-state index >= 15 is 0 Å². The first kappa shape index (κ1) is 19.7. The van der Waals surface area contributed by atoms with E-state index in [1.165, 1.54) is 18.3 Å². The number of halogens is 3. The Balaban J connectivity index is 1.35. The number of nitrogens with zero attached hydrogens (tertiary/aromatic N) is 3. The van der Waals surface area contributed by atoms with Crippen LogP contribution >= 0.6 is 0 Å². The van der Waals surface area contributed by atoms with Crippen LogP contribution in [0.2, 0.25) is 0 Å². The predicted molar refractivity (Wildman–Crippen MR) is 100 cm³/mol. The number of alkyl halides is 3. The van der Waals surface area contributed by atoms with E-state index in [9.17, 15) is 23.3 Å². The average Bonchev–Trinajstić information content (AvgIpc) is 3.16. The molecule has 1 aliphatic heterocycles. The standard InChI is InChI=1S/C20H16F3N3O4/c21-20(22,23)15-5-1-13(2-6-15)14-3-7-16(8-4-14)29-12-17-9-10-25-11-18(26(27)28)24-19(25)30-17/h1-8,11,17H,9-10,12H2. The van der Waals surface area contributed by atoms with Crippen molar-refractivity contribution in [2.45, 2.75) is 25.2 Å². The molecule has 0 spiro atoms. The molecule has 0 N–H and O–H groups in total. The zero-order valence-electron chi connectivity index (χ0n) is 15.5. The van der Waals surface area contributed by atoms with Crippen LogP contribution in [0.25, 0.3) is 11.1 Å². The predicted octanol–water partition coefficient (Wildman–Crippen LogP) is 4.71. The molecular formula is C20H16F3N3O4. The van der Waals surface area contributed by atoms with E-state index < -0.39 is 16.7 Å². The van der Waals surface area contributed by atoms with Gasteiger partial charge in [-0.1, -0.05) is 24.3 Å². The van der Waals surface area contributed by atoms with Crippen LogP contribution < -0.4 is 9.47 Å². The Hall–Kier alpha value is -3.56. The topological polar surface area (TPSA) is 79.4 Å². The molecule has 0 saturated heterocycles. The van der Waals surface area contributed by atoms with E-state index in [-0.39, 0.29) is 24.5 Å². The van der Waals surface area contributed by atoms with E-state index in [1.807, 2.05) is 0 Å². The average molecular weight is 419 g/mol. The fourth-order valence-corrected chi connectivity index (χ4v) is 3.12. The van der Waals surface area contributed by atoms with Crippen LogP contribution in [0.4, 0.5) is 19.0 Å². The summed E-state index contributed by atoms with van der Waals surface area (Å²) in [4.78, 5) is 14.1. The monoisotopic (exact) mass is 419 g/mol. The number of hydrogen-bond donors (Lipinski definition) is 0. The van der Waals surface area contributed by atoms with Gasteiger partial charge in [0.05, 0.1) is 5.56 Å².